The fourth-order valence-corrected chi connectivity index (χ4v) is 3.86. The molecule has 0 aliphatic carbocycles. The molecule has 0 radical (unpaired) electrons. The first-order valence-electron chi connectivity index (χ1n) is 8.94. The van der Waals surface area contributed by atoms with Crippen LogP contribution in [0, 0.1) is 5.82 Å². The van der Waals surface area contributed by atoms with Gasteiger partial charge in [0.05, 0.1) is 16.8 Å². The van der Waals surface area contributed by atoms with Gasteiger partial charge >= 0.3 is 0 Å². The van der Waals surface area contributed by atoms with Gasteiger partial charge in [0.15, 0.2) is 0 Å². The number of likely N-dealkylation sites (tertiary alicyclic amines) is 1. The van der Waals surface area contributed by atoms with Gasteiger partial charge in [0, 0.05) is 35.3 Å². The quantitative estimate of drug-likeness (QED) is 0.641. The number of nitrogens with one attached hydrogen (secondary N) is 1. The van der Waals surface area contributed by atoms with E-state index in [0.29, 0.717) is 22.2 Å². The molecule has 1 amide bonds. The number of thioether (sulfide) groups is 1. The Bertz CT molecular complexity index is 1000. The number of benzene rings is 2. The van der Waals surface area contributed by atoms with Crippen molar-refractivity contribution in [1.82, 2.24) is 9.88 Å². The Labute approximate surface area is 161 Å². The summed E-state index contributed by atoms with van der Waals surface area (Å²) in [7, 11) is 0. The third-order valence-electron chi connectivity index (χ3n) is 4.79. The molecule has 1 N–H and O–H groups in total. The summed E-state index contributed by atoms with van der Waals surface area (Å²) >= 11 is 1.64. The zero-order valence-electron chi connectivity index (χ0n) is 15.0. The monoisotopic (exact) mass is 381 g/mol. The number of carbonyl (C=O) groups excluding carboxylic acids is 1. The molecule has 1 aliphatic heterocycles. The fourth-order valence-electron chi connectivity index (χ4n) is 3.40. The second kappa shape index (κ2) is 7.56. The predicted molar refractivity (Wildman–Crippen MR) is 108 cm³/mol. The van der Waals surface area contributed by atoms with Crippen molar-refractivity contribution in [2.24, 2.45) is 0 Å². The van der Waals surface area contributed by atoms with Crippen LogP contribution in [0.2, 0.25) is 0 Å². The fraction of sp³-hybridized carbons (Fsp3) is 0.238. The van der Waals surface area contributed by atoms with Crippen LogP contribution in [0.25, 0.3) is 10.9 Å². The number of hydrogen-bond donors (Lipinski definition) is 1. The average molecular weight is 381 g/mol. The summed E-state index contributed by atoms with van der Waals surface area (Å²) in [5.74, 6) is -0.411. The molecule has 1 aromatic heterocycles. The van der Waals surface area contributed by atoms with Gasteiger partial charge in [0.25, 0.3) is 5.91 Å². The van der Waals surface area contributed by atoms with Crippen LogP contribution in [0.15, 0.2) is 53.6 Å². The third-order valence-corrected chi connectivity index (χ3v) is 5.52. The number of anilines is 2. The molecular weight excluding hydrogens is 361 g/mol. The number of carbonyl (C=O) groups is 1. The van der Waals surface area contributed by atoms with E-state index < -0.39 is 0 Å². The average Bonchev–Trinajstić information content (AvgIpc) is 3.23. The van der Waals surface area contributed by atoms with E-state index >= 15 is 0 Å². The molecule has 1 fully saturated rings. The van der Waals surface area contributed by atoms with Crippen LogP contribution in [-0.2, 0) is 0 Å². The highest BCUT2D eigenvalue weighted by molar-refractivity contribution is 7.98. The lowest BCUT2D eigenvalue weighted by atomic mass is 10.1. The summed E-state index contributed by atoms with van der Waals surface area (Å²) < 4.78 is 14.0. The number of aromatic nitrogens is 1. The predicted octanol–water partition coefficient (Wildman–Crippen LogP) is 5.08. The smallest absolute Gasteiger partial charge is 0.257 e. The van der Waals surface area contributed by atoms with Crippen LogP contribution < -0.4 is 5.32 Å². The van der Waals surface area contributed by atoms with Crippen molar-refractivity contribution >= 4 is 39.9 Å². The Morgan fingerprint density at radius 2 is 2.00 bits per heavy atom. The van der Waals surface area contributed by atoms with Crippen molar-refractivity contribution in [3.8, 4) is 0 Å². The van der Waals surface area contributed by atoms with E-state index in [4.69, 9.17) is 0 Å². The molecule has 0 spiro atoms. The van der Waals surface area contributed by atoms with Crippen LogP contribution in [-0.4, -0.2) is 35.1 Å². The molecule has 0 saturated carbocycles. The van der Waals surface area contributed by atoms with E-state index in [2.05, 4.69) is 10.3 Å². The Kier molecular flexibility index (Phi) is 4.99. The second-order valence-electron chi connectivity index (χ2n) is 6.56. The highest BCUT2D eigenvalue weighted by atomic mass is 32.2. The van der Waals surface area contributed by atoms with Gasteiger partial charge in [-0.2, -0.15) is 0 Å². The number of fused-ring (bicyclic) bond motifs is 1. The van der Waals surface area contributed by atoms with Crippen molar-refractivity contribution in [1.29, 1.82) is 0 Å². The summed E-state index contributed by atoms with van der Waals surface area (Å²) in [6.07, 6.45) is 5.64. The molecule has 3 aromatic rings. The molecule has 4 rings (SSSR count). The van der Waals surface area contributed by atoms with Gasteiger partial charge < -0.3 is 10.2 Å². The minimum Gasteiger partial charge on any atom is -0.354 e. The van der Waals surface area contributed by atoms with E-state index in [-0.39, 0.29) is 11.7 Å². The van der Waals surface area contributed by atoms with E-state index in [0.717, 1.165) is 36.5 Å². The number of nitrogens with zero attached hydrogens (tertiary/aromatic N) is 2. The lowest BCUT2D eigenvalue weighted by molar-refractivity contribution is 0.0793. The van der Waals surface area contributed by atoms with Crippen molar-refractivity contribution in [2.75, 3.05) is 24.7 Å². The largest absolute Gasteiger partial charge is 0.354 e. The van der Waals surface area contributed by atoms with E-state index in [1.165, 1.54) is 12.1 Å². The minimum atomic E-state index is -0.351. The lowest BCUT2D eigenvalue weighted by Crippen LogP contribution is -2.28. The van der Waals surface area contributed by atoms with Gasteiger partial charge in [0.1, 0.15) is 5.82 Å². The molecule has 1 saturated heterocycles. The van der Waals surface area contributed by atoms with Crippen LogP contribution in [0.3, 0.4) is 0 Å². The molecule has 4 nitrogen and oxygen atoms in total. The number of amides is 1. The van der Waals surface area contributed by atoms with Crippen LogP contribution in [0.1, 0.15) is 23.2 Å². The number of hydrogen-bond acceptors (Lipinski definition) is 4. The van der Waals surface area contributed by atoms with Crippen molar-refractivity contribution < 1.29 is 9.18 Å². The first-order chi connectivity index (χ1) is 13.2. The normalized spacial score (nSPS) is 13.9. The van der Waals surface area contributed by atoms with E-state index in [1.54, 1.807) is 24.0 Å². The minimum absolute atomic E-state index is 0.0605. The zero-order valence-corrected chi connectivity index (χ0v) is 15.9. The Balaban J connectivity index is 1.84. The first kappa shape index (κ1) is 17.8. The van der Waals surface area contributed by atoms with Gasteiger partial charge in [-0.3, -0.25) is 9.78 Å². The Morgan fingerprint density at radius 3 is 2.78 bits per heavy atom. The van der Waals surface area contributed by atoms with Gasteiger partial charge in [-0.1, -0.05) is 6.07 Å². The molecule has 1 aliphatic rings. The summed E-state index contributed by atoms with van der Waals surface area (Å²) in [6, 6.07) is 12.4. The Hall–Kier alpha value is -2.60. The molecule has 2 heterocycles. The maximum absolute atomic E-state index is 14.0. The Morgan fingerprint density at radius 1 is 1.19 bits per heavy atom. The van der Waals surface area contributed by atoms with Crippen molar-refractivity contribution in [3.05, 3.63) is 60.0 Å². The van der Waals surface area contributed by atoms with Crippen molar-refractivity contribution in [2.45, 2.75) is 17.7 Å². The van der Waals surface area contributed by atoms with Gasteiger partial charge in [-0.05, 0) is 55.5 Å². The standard InChI is InChI=1S/C21H20FN3OS/c1-27-16-6-4-5-15(12-16)24-20-17-11-14(22)7-8-19(17)23-13-18(20)21(26)25-9-2-3-10-25/h4-8,11-13H,2-3,9-10H2,1H3,(H,23,24). The third kappa shape index (κ3) is 3.62. The topological polar surface area (TPSA) is 45.2 Å². The first-order valence-corrected chi connectivity index (χ1v) is 10.2. The molecule has 0 bridgehead atoms. The molecule has 27 heavy (non-hydrogen) atoms. The number of pyridine rings is 1. The van der Waals surface area contributed by atoms with Gasteiger partial charge in [-0.15, -0.1) is 11.8 Å². The van der Waals surface area contributed by atoms with Crippen molar-refractivity contribution in [3.63, 3.8) is 0 Å². The van der Waals surface area contributed by atoms with Gasteiger partial charge in [0.2, 0.25) is 0 Å². The maximum Gasteiger partial charge on any atom is 0.257 e. The highest BCUT2D eigenvalue weighted by Crippen LogP contribution is 2.32. The number of rotatable bonds is 4. The highest BCUT2D eigenvalue weighted by Gasteiger charge is 2.24. The molecule has 6 heteroatoms. The SMILES string of the molecule is CSc1cccc(Nc2c(C(=O)N3CCCC3)cnc3ccc(F)cc23)c1. The lowest BCUT2D eigenvalue weighted by Gasteiger charge is -2.19. The zero-order chi connectivity index (χ0) is 18.8. The molecule has 2 aromatic carbocycles. The summed E-state index contributed by atoms with van der Waals surface area (Å²) in [4.78, 5) is 20.4. The summed E-state index contributed by atoms with van der Waals surface area (Å²) in [5.41, 5.74) is 2.59. The van der Waals surface area contributed by atoms with Crippen LogP contribution in [0.5, 0.6) is 0 Å². The van der Waals surface area contributed by atoms with Gasteiger partial charge in [-0.25, -0.2) is 4.39 Å². The summed E-state index contributed by atoms with van der Waals surface area (Å²) in [6.45, 7) is 1.50. The molecule has 138 valence electrons. The van der Waals surface area contributed by atoms with E-state index in [1.807, 2.05) is 35.4 Å². The number of halogens is 1. The summed E-state index contributed by atoms with van der Waals surface area (Å²) in [5, 5.41) is 3.96. The second-order valence-corrected chi connectivity index (χ2v) is 7.44. The molecular formula is C21H20FN3OS. The van der Waals surface area contributed by atoms with E-state index in [9.17, 15) is 9.18 Å². The van der Waals surface area contributed by atoms with Crippen LogP contribution >= 0.6 is 11.8 Å². The van der Waals surface area contributed by atoms with Crippen LogP contribution in [0.4, 0.5) is 15.8 Å². The maximum atomic E-state index is 14.0. The molecule has 0 unspecified atom stereocenters. The molecule has 0 atom stereocenters.